The van der Waals surface area contributed by atoms with Crippen molar-refractivity contribution < 1.29 is 9.47 Å². The molecule has 0 N–H and O–H groups in total. The van der Waals surface area contributed by atoms with E-state index in [9.17, 15) is 0 Å². The second kappa shape index (κ2) is 3.64. The average Bonchev–Trinajstić information content (AvgIpc) is 2.40. The Balaban J connectivity index is 2.16. The predicted octanol–water partition coefficient (Wildman–Crippen LogP) is 2.48. The van der Waals surface area contributed by atoms with Gasteiger partial charge in [0.2, 0.25) is 0 Å². The Labute approximate surface area is 86.4 Å². The van der Waals surface area contributed by atoms with Gasteiger partial charge in [0.25, 0.3) is 0 Å². The topological polar surface area (TPSA) is 18.5 Å². The lowest BCUT2D eigenvalue weighted by Gasteiger charge is -2.24. The van der Waals surface area contributed by atoms with Crippen LogP contribution < -0.4 is 0 Å². The molecule has 12 heavy (non-hydrogen) atoms. The molecule has 0 aliphatic carbocycles. The molecule has 3 atom stereocenters. The Hall–Kier alpha value is 0.390. The molecule has 2 fully saturated rings. The van der Waals surface area contributed by atoms with Gasteiger partial charge in [-0.2, -0.15) is 0 Å². The van der Waals surface area contributed by atoms with Crippen LogP contribution in [0.1, 0.15) is 19.8 Å². The third-order valence-corrected chi connectivity index (χ3v) is 3.35. The molecule has 0 aromatic heterocycles. The van der Waals surface area contributed by atoms with Crippen molar-refractivity contribution in [3.05, 3.63) is 9.66 Å². The minimum Gasteiger partial charge on any atom is -0.352 e. The summed E-state index contributed by atoms with van der Waals surface area (Å²) < 4.78 is 13.4. The van der Waals surface area contributed by atoms with Crippen LogP contribution in [0.25, 0.3) is 0 Å². The molecule has 2 heterocycles. The van der Waals surface area contributed by atoms with Gasteiger partial charge in [-0.1, -0.05) is 22.6 Å². The van der Waals surface area contributed by atoms with E-state index in [-0.39, 0.29) is 12.4 Å². The van der Waals surface area contributed by atoms with Gasteiger partial charge in [-0.15, -0.1) is 0 Å². The fourth-order valence-electron chi connectivity index (χ4n) is 1.96. The quantitative estimate of drug-likeness (QED) is 0.635. The van der Waals surface area contributed by atoms with Gasteiger partial charge in [-0.05, 0) is 29.4 Å². The highest BCUT2D eigenvalue weighted by Crippen LogP contribution is 2.38. The molecule has 0 bridgehead atoms. The lowest BCUT2D eigenvalue weighted by Crippen LogP contribution is -2.26. The predicted molar refractivity (Wildman–Crippen MR) is 55.1 cm³/mol. The number of rotatable bonds is 0. The van der Waals surface area contributed by atoms with Gasteiger partial charge in [0.1, 0.15) is 0 Å². The van der Waals surface area contributed by atoms with Crippen molar-refractivity contribution in [2.45, 2.75) is 32.2 Å². The van der Waals surface area contributed by atoms with Crippen molar-refractivity contribution >= 4 is 22.6 Å². The second-order valence-corrected chi connectivity index (χ2v) is 4.00. The van der Waals surface area contributed by atoms with Gasteiger partial charge in [0, 0.05) is 12.5 Å². The van der Waals surface area contributed by atoms with Crippen molar-refractivity contribution in [3.8, 4) is 0 Å². The summed E-state index contributed by atoms with van der Waals surface area (Å²) in [5.41, 5.74) is 1.42. The lowest BCUT2D eigenvalue weighted by molar-refractivity contribution is -0.163. The fourth-order valence-corrected chi connectivity index (χ4v) is 2.93. The Morgan fingerprint density at radius 1 is 1.58 bits per heavy atom. The molecular formula is C9H13IO2. The molecule has 3 heteroatoms. The molecule has 0 spiro atoms. The van der Waals surface area contributed by atoms with Gasteiger partial charge in [-0.25, -0.2) is 0 Å². The van der Waals surface area contributed by atoms with Crippen molar-refractivity contribution in [3.63, 3.8) is 0 Å². The first kappa shape index (κ1) is 8.97. The normalized spacial score (nSPS) is 44.8. The summed E-state index contributed by atoms with van der Waals surface area (Å²) >= 11 is 2.30. The summed E-state index contributed by atoms with van der Waals surface area (Å²) in [6.45, 7) is 2.97. The molecule has 2 rings (SSSR count). The first-order chi connectivity index (χ1) is 5.83. The van der Waals surface area contributed by atoms with Crippen LogP contribution in [0.5, 0.6) is 0 Å². The second-order valence-electron chi connectivity index (χ2n) is 3.38. The maximum Gasteiger partial charge on any atom is 0.164 e. The molecule has 68 valence electrons. The van der Waals surface area contributed by atoms with E-state index in [1.807, 2.05) is 0 Å². The van der Waals surface area contributed by atoms with Gasteiger partial charge < -0.3 is 9.47 Å². The van der Waals surface area contributed by atoms with E-state index in [1.165, 1.54) is 18.4 Å². The average molecular weight is 280 g/mol. The van der Waals surface area contributed by atoms with E-state index >= 15 is 0 Å². The maximum atomic E-state index is 5.67. The molecule has 2 aliphatic heterocycles. The van der Waals surface area contributed by atoms with E-state index in [0.29, 0.717) is 5.92 Å². The van der Waals surface area contributed by atoms with Gasteiger partial charge in [0.15, 0.2) is 6.29 Å². The van der Waals surface area contributed by atoms with Crippen LogP contribution in [0, 0.1) is 5.92 Å². The summed E-state index contributed by atoms with van der Waals surface area (Å²) in [5, 5.41) is 0. The van der Waals surface area contributed by atoms with Crippen LogP contribution in [0.4, 0.5) is 0 Å². The number of fused-ring (bicyclic) bond motifs is 1. The standard InChI is InChI=1S/C9H13IO2/c1-6-8(5-10)7-3-2-4-11-9(7)12-6/h5-7,9H,2-4H2,1H3/b8-5+/t6-,7-,9+/m1/s1. The third-order valence-electron chi connectivity index (χ3n) is 2.63. The van der Waals surface area contributed by atoms with E-state index < -0.39 is 0 Å². The van der Waals surface area contributed by atoms with Crippen molar-refractivity contribution in [2.75, 3.05) is 6.61 Å². The Bertz CT molecular complexity index is 203. The zero-order chi connectivity index (χ0) is 8.55. The van der Waals surface area contributed by atoms with E-state index in [2.05, 4.69) is 33.6 Å². The van der Waals surface area contributed by atoms with Crippen LogP contribution >= 0.6 is 22.6 Å². The van der Waals surface area contributed by atoms with Gasteiger partial charge in [-0.3, -0.25) is 0 Å². The monoisotopic (exact) mass is 280 g/mol. The first-order valence-corrected chi connectivity index (χ1v) is 5.64. The molecule has 0 unspecified atom stereocenters. The van der Waals surface area contributed by atoms with Crippen molar-refractivity contribution in [1.29, 1.82) is 0 Å². The van der Waals surface area contributed by atoms with E-state index in [0.717, 1.165) is 6.61 Å². The van der Waals surface area contributed by atoms with Gasteiger partial charge in [0.05, 0.1) is 6.10 Å². The lowest BCUT2D eigenvalue weighted by atomic mass is 9.93. The van der Waals surface area contributed by atoms with Crippen LogP contribution in [0.2, 0.25) is 0 Å². The van der Waals surface area contributed by atoms with Gasteiger partial charge >= 0.3 is 0 Å². The smallest absolute Gasteiger partial charge is 0.164 e. The number of hydrogen-bond acceptors (Lipinski definition) is 2. The van der Waals surface area contributed by atoms with E-state index in [1.54, 1.807) is 0 Å². The highest BCUT2D eigenvalue weighted by molar-refractivity contribution is 14.1. The maximum absolute atomic E-state index is 5.67. The highest BCUT2D eigenvalue weighted by atomic mass is 127. The molecule has 0 saturated carbocycles. The van der Waals surface area contributed by atoms with Crippen LogP contribution in [0.3, 0.4) is 0 Å². The third kappa shape index (κ3) is 1.42. The number of ether oxygens (including phenoxy) is 2. The van der Waals surface area contributed by atoms with Crippen LogP contribution in [0.15, 0.2) is 9.66 Å². The van der Waals surface area contributed by atoms with E-state index in [4.69, 9.17) is 9.47 Å². The van der Waals surface area contributed by atoms with Crippen molar-refractivity contribution in [1.82, 2.24) is 0 Å². The Kier molecular flexibility index (Phi) is 2.72. The highest BCUT2D eigenvalue weighted by Gasteiger charge is 2.39. The van der Waals surface area contributed by atoms with Crippen LogP contribution in [-0.2, 0) is 9.47 Å². The summed E-state index contributed by atoms with van der Waals surface area (Å²) in [7, 11) is 0. The molecule has 0 aromatic carbocycles. The molecule has 0 aromatic rings. The Morgan fingerprint density at radius 3 is 3.17 bits per heavy atom. The molecule has 0 amide bonds. The summed E-state index contributed by atoms with van der Waals surface area (Å²) in [6, 6.07) is 0. The minimum absolute atomic E-state index is 0.0507. The summed E-state index contributed by atoms with van der Waals surface area (Å²) in [4.78, 5) is 0. The molecule has 2 saturated heterocycles. The summed E-state index contributed by atoms with van der Waals surface area (Å²) in [6.07, 6.45) is 2.71. The minimum atomic E-state index is 0.0507. The zero-order valence-corrected chi connectivity index (χ0v) is 9.28. The molecule has 2 nitrogen and oxygen atoms in total. The molecule has 2 aliphatic rings. The zero-order valence-electron chi connectivity index (χ0n) is 7.13. The molecule has 0 radical (unpaired) electrons. The summed E-state index contributed by atoms with van der Waals surface area (Å²) in [5.74, 6) is 0.533. The largest absolute Gasteiger partial charge is 0.352 e. The number of halogens is 1. The van der Waals surface area contributed by atoms with Crippen molar-refractivity contribution in [2.24, 2.45) is 5.92 Å². The SMILES string of the molecule is C[C@H]1O[C@@H]2OCCC[C@@H]2/C1=C/I. The van der Waals surface area contributed by atoms with Crippen LogP contribution in [-0.4, -0.2) is 19.0 Å². The first-order valence-electron chi connectivity index (χ1n) is 4.40. The number of hydrogen-bond donors (Lipinski definition) is 0. The molecular weight excluding hydrogens is 267 g/mol. The Morgan fingerprint density at radius 2 is 2.42 bits per heavy atom. The fraction of sp³-hybridized carbons (Fsp3) is 0.778.